The van der Waals surface area contributed by atoms with Crippen LogP contribution in [0.3, 0.4) is 0 Å². The van der Waals surface area contributed by atoms with Crippen molar-refractivity contribution in [2.75, 3.05) is 10.2 Å². The van der Waals surface area contributed by atoms with Crippen LogP contribution in [0.4, 0.5) is 11.4 Å². The van der Waals surface area contributed by atoms with Gasteiger partial charge in [0, 0.05) is 26.2 Å². The molecule has 0 saturated carbocycles. The van der Waals surface area contributed by atoms with Gasteiger partial charge in [-0.3, -0.25) is 9.69 Å². The maximum absolute atomic E-state index is 13.2. The van der Waals surface area contributed by atoms with Gasteiger partial charge in [0.25, 0.3) is 5.91 Å². The minimum Gasteiger partial charge on any atom is -0.360 e. The summed E-state index contributed by atoms with van der Waals surface area (Å²) in [5.41, 5.74) is 2.36. The number of rotatable bonds is 2. The Balaban J connectivity index is 1.85. The Morgan fingerprint density at radius 3 is 2.50 bits per heavy atom. The van der Waals surface area contributed by atoms with Crippen molar-refractivity contribution in [2.45, 2.75) is 13.1 Å². The van der Waals surface area contributed by atoms with E-state index in [1.165, 1.54) is 4.88 Å². The quantitative estimate of drug-likeness (QED) is 0.660. The van der Waals surface area contributed by atoms with E-state index in [0.29, 0.717) is 10.6 Å². The van der Waals surface area contributed by atoms with Gasteiger partial charge in [0.1, 0.15) is 6.17 Å². The molecule has 0 aliphatic carbocycles. The first-order valence-corrected chi connectivity index (χ1v) is 8.84. The lowest BCUT2D eigenvalue weighted by molar-refractivity contribution is 0.0975. The first-order chi connectivity index (χ1) is 11.6. The zero-order chi connectivity index (χ0) is 16.7. The molecule has 4 rings (SSSR count). The standard InChI is InChI=1S/C19H15ClN2OS/c1-12-6-11-17(24-12)18-21-16-5-3-2-4-15(16)19(23)22(18)14-9-7-13(20)8-10-14/h2-11,18,21H,1H3. The maximum atomic E-state index is 13.2. The van der Waals surface area contributed by atoms with E-state index in [0.717, 1.165) is 16.3 Å². The van der Waals surface area contributed by atoms with E-state index in [2.05, 4.69) is 24.4 Å². The number of anilines is 2. The first-order valence-electron chi connectivity index (χ1n) is 7.64. The highest BCUT2D eigenvalue weighted by Gasteiger charge is 2.34. The molecule has 24 heavy (non-hydrogen) atoms. The van der Waals surface area contributed by atoms with Crippen LogP contribution in [0.15, 0.2) is 60.7 Å². The second-order valence-electron chi connectivity index (χ2n) is 5.69. The van der Waals surface area contributed by atoms with Gasteiger partial charge in [0.15, 0.2) is 0 Å². The molecule has 1 amide bonds. The Labute approximate surface area is 149 Å². The molecular weight excluding hydrogens is 340 g/mol. The van der Waals surface area contributed by atoms with Crippen molar-refractivity contribution in [1.29, 1.82) is 0 Å². The Hall–Kier alpha value is -2.30. The van der Waals surface area contributed by atoms with Gasteiger partial charge in [-0.25, -0.2) is 0 Å². The topological polar surface area (TPSA) is 32.3 Å². The van der Waals surface area contributed by atoms with E-state index < -0.39 is 0 Å². The molecule has 1 atom stereocenters. The summed E-state index contributed by atoms with van der Waals surface area (Å²) in [4.78, 5) is 17.3. The summed E-state index contributed by atoms with van der Waals surface area (Å²) in [6.45, 7) is 2.07. The molecule has 2 heterocycles. The van der Waals surface area contributed by atoms with Crippen LogP contribution in [0.5, 0.6) is 0 Å². The molecule has 0 radical (unpaired) electrons. The zero-order valence-electron chi connectivity index (χ0n) is 13.0. The van der Waals surface area contributed by atoms with E-state index in [9.17, 15) is 4.79 Å². The van der Waals surface area contributed by atoms with Crippen LogP contribution >= 0.6 is 22.9 Å². The number of nitrogens with zero attached hydrogens (tertiary/aromatic N) is 1. The minimum atomic E-state index is -0.229. The number of halogens is 1. The van der Waals surface area contributed by atoms with Crippen molar-refractivity contribution in [3.05, 3.63) is 81.0 Å². The van der Waals surface area contributed by atoms with Crippen LogP contribution in [0.25, 0.3) is 0 Å². The molecule has 1 unspecified atom stereocenters. The Bertz CT molecular complexity index is 904. The van der Waals surface area contributed by atoms with E-state index >= 15 is 0 Å². The number of fused-ring (bicyclic) bond motifs is 1. The van der Waals surface area contributed by atoms with Crippen molar-refractivity contribution in [2.24, 2.45) is 0 Å². The summed E-state index contributed by atoms with van der Waals surface area (Å²) >= 11 is 7.70. The fraction of sp³-hybridized carbons (Fsp3) is 0.105. The molecule has 1 N–H and O–H groups in total. The van der Waals surface area contributed by atoms with Crippen LogP contribution in [-0.4, -0.2) is 5.91 Å². The fourth-order valence-electron chi connectivity index (χ4n) is 2.92. The Morgan fingerprint density at radius 2 is 1.79 bits per heavy atom. The second kappa shape index (κ2) is 5.96. The van der Waals surface area contributed by atoms with Crippen LogP contribution in [0.2, 0.25) is 5.02 Å². The summed E-state index contributed by atoms with van der Waals surface area (Å²) in [7, 11) is 0. The molecule has 3 nitrogen and oxygen atoms in total. The number of hydrogen-bond donors (Lipinski definition) is 1. The van der Waals surface area contributed by atoms with Gasteiger partial charge < -0.3 is 5.32 Å². The number of benzene rings is 2. The molecule has 0 fully saturated rings. The van der Waals surface area contributed by atoms with Gasteiger partial charge in [-0.1, -0.05) is 23.7 Å². The first kappa shape index (κ1) is 15.2. The normalized spacial score (nSPS) is 16.7. The predicted octanol–water partition coefficient (Wildman–Crippen LogP) is 5.48. The Kier molecular flexibility index (Phi) is 3.79. The van der Waals surface area contributed by atoms with E-state index in [-0.39, 0.29) is 12.1 Å². The molecule has 0 bridgehead atoms. The third-order valence-corrected chi connectivity index (χ3v) is 5.37. The Morgan fingerprint density at radius 1 is 1.04 bits per heavy atom. The van der Waals surface area contributed by atoms with Crippen molar-refractivity contribution in [1.82, 2.24) is 0 Å². The van der Waals surface area contributed by atoms with Crippen LogP contribution in [-0.2, 0) is 0 Å². The monoisotopic (exact) mass is 354 g/mol. The predicted molar refractivity (Wildman–Crippen MR) is 100 cm³/mol. The zero-order valence-corrected chi connectivity index (χ0v) is 14.6. The molecule has 5 heteroatoms. The van der Waals surface area contributed by atoms with Gasteiger partial charge in [-0.15, -0.1) is 11.3 Å². The molecule has 0 saturated heterocycles. The van der Waals surface area contributed by atoms with E-state index in [1.54, 1.807) is 28.4 Å². The number of nitrogens with one attached hydrogen (secondary N) is 1. The summed E-state index contributed by atoms with van der Waals surface area (Å²) in [6.07, 6.45) is -0.229. The van der Waals surface area contributed by atoms with Gasteiger partial charge in [-0.05, 0) is 55.5 Å². The highest BCUT2D eigenvalue weighted by Crippen LogP contribution is 2.38. The number of thiophene rings is 1. The smallest absolute Gasteiger partial charge is 0.262 e. The average Bonchev–Trinajstić information content (AvgIpc) is 3.02. The second-order valence-corrected chi connectivity index (χ2v) is 7.45. The number of carbonyl (C=O) groups is 1. The number of carbonyl (C=O) groups excluding carboxylic acids is 1. The average molecular weight is 355 g/mol. The molecule has 2 aromatic carbocycles. The summed E-state index contributed by atoms with van der Waals surface area (Å²) in [6, 6.07) is 19.1. The number of para-hydroxylation sites is 1. The molecule has 1 aromatic heterocycles. The third-order valence-electron chi connectivity index (χ3n) is 4.06. The van der Waals surface area contributed by atoms with Crippen LogP contribution in [0.1, 0.15) is 26.3 Å². The fourth-order valence-corrected chi connectivity index (χ4v) is 3.97. The number of aryl methyl sites for hydroxylation is 1. The van der Waals surface area contributed by atoms with Gasteiger partial charge in [0.05, 0.1) is 5.56 Å². The lowest BCUT2D eigenvalue weighted by Gasteiger charge is -2.37. The molecular formula is C19H15ClN2OS. The number of hydrogen-bond acceptors (Lipinski definition) is 3. The molecule has 1 aliphatic rings. The summed E-state index contributed by atoms with van der Waals surface area (Å²) in [5.74, 6) is -0.0114. The maximum Gasteiger partial charge on any atom is 0.262 e. The summed E-state index contributed by atoms with van der Waals surface area (Å²) in [5, 5.41) is 4.16. The van der Waals surface area contributed by atoms with Crippen LogP contribution in [0, 0.1) is 6.92 Å². The van der Waals surface area contributed by atoms with E-state index in [4.69, 9.17) is 11.6 Å². The van der Waals surface area contributed by atoms with Crippen molar-refractivity contribution < 1.29 is 4.79 Å². The highest BCUT2D eigenvalue weighted by atomic mass is 35.5. The SMILES string of the molecule is Cc1ccc(C2Nc3ccccc3C(=O)N2c2ccc(Cl)cc2)s1. The number of amides is 1. The molecule has 0 spiro atoms. The van der Waals surface area contributed by atoms with Gasteiger partial charge >= 0.3 is 0 Å². The largest absolute Gasteiger partial charge is 0.360 e. The van der Waals surface area contributed by atoms with Gasteiger partial charge in [0.2, 0.25) is 0 Å². The van der Waals surface area contributed by atoms with E-state index in [1.807, 2.05) is 36.4 Å². The third kappa shape index (κ3) is 2.58. The highest BCUT2D eigenvalue weighted by molar-refractivity contribution is 7.12. The van der Waals surface area contributed by atoms with Crippen molar-refractivity contribution in [3.63, 3.8) is 0 Å². The molecule has 120 valence electrons. The van der Waals surface area contributed by atoms with Crippen molar-refractivity contribution in [3.8, 4) is 0 Å². The van der Waals surface area contributed by atoms with Crippen LogP contribution < -0.4 is 10.2 Å². The summed E-state index contributed by atoms with van der Waals surface area (Å²) < 4.78 is 0. The van der Waals surface area contributed by atoms with Crippen molar-refractivity contribution >= 4 is 40.2 Å². The molecule has 3 aromatic rings. The lowest BCUT2D eigenvalue weighted by Crippen LogP contribution is -2.42. The minimum absolute atomic E-state index is 0.0114. The lowest BCUT2D eigenvalue weighted by atomic mass is 10.1. The molecule has 1 aliphatic heterocycles. The van der Waals surface area contributed by atoms with Gasteiger partial charge in [-0.2, -0.15) is 0 Å².